The first-order valence-electron chi connectivity index (χ1n) is 11.5. The number of benzene rings is 1. The van der Waals surface area contributed by atoms with Crippen molar-refractivity contribution in [2.24, 2.45) is 4.99 Å². The van der Waals surface area contributed by atoms with Gasteiger partial charge in [0.15, 0.2) is 17.5 Å². The summed E-state index contributed by atoms with van der Waals surface area (Å²) < 4.78 is 13.5. The number of rotatable bonds is 13. The number of methoxy groups -OCH3 is 1. The molecule has 0 saturated carbocycles. The van der Waals surface area contributed by atoms with E-state index in [0.29, 0.717) is 13.2 Å². The Morgan fingerprint density at radius 1 is 1.12 bits per heavy atom. The largest absolute Gasteiger partial charge is 0.493 e. The van der Waals surface area contributed by atoms with E-state index in [9.17, 15) is 0 Å². The summed E-state index contributed by atoms with van der Waals surface area (Å²) in [5.74, 6) is 2.30. The second-order valence-electron chi connectivity index (χ2n) is 7.72. The monoisotopic (exact) mass is 444 g/mol. The van der Waals surface area contributed by atoms with Crippen LogP contribution in [0.2, 0.25) is 0 Å². The molecule has 0 aliphatic carbocycles. The maximum absolute atomic E-state index is 5.95. The predicted octanol–water partition coefficient (Wildman–Crippen LogP) is 2.98. The second-order valence-corrected chi connectivity index (χ2v) is 7.72. The van der Waals surface area contributed by atoms with Crippen LogP contribution in [0.5, 0.6) is 11.5 Å². The third kappa shape index (κ3) is 8.07. The molecular weight excluding hydrogens is 404 g/mol. The zero-order valence-corrected chi connectivity index (χ0v) is 20.6. The summed E-state index contributed by atoms with van der Waals surface area (Å²) in [6, 6.07) is 8.14. The Kier molecular flexibility index (Phi) is 10.9. The number of nitrogens with zero attached hydrogens (tertiary/aromatic N) is 4. The second kappa shape index (κ2) is 13.6. The first-order valence-corrected chi connectivity index (χ1v) is 11.5. The average molecular weight is 445 g/mol. The summed E-state index contributed by atoms with van der Waals surface area (Å²) in [4.78, 5) is 6.65. The molecule has 178 valence electrons. The number of aryl methyl sites for hydroxylation is 3. The lowest BCUT2D eigenvalue weighted by Gasteiger charge is -2.19. The van der Waals surface area contributed by atoms with E-state index in [0.717, 1.165) is 67.9 Å². The Morgan fingerprint density at radius 3 is 2.53 bits per heavy atom. The van der Waals surface area contributed by atoms with Crippen molar-refractivity contribution in [3.63, 3.8) is 0 Å². The fourth-order valence-electron chi connectivity index (χ4n) is 3.51. The molecule has 0 fully saturated rings. The lowest BCUT2D eigenvalue weighted by Crippen LogP contribution is -2.37. The van der Waals surface area contributed by atoms with E-state index in [1.807, 2.05) is 23.7 Å². The summed E-state index contributed by atoms with van der Waals surface area (Å²) >= 11 is 0. The third-order valence-electron chi connectivity index (χ3n) is 5.41. The van der Waals surface area contributed by atoms with Gasteiger partial charge in [-0.05, 0) is 57.1 Å². The van der Waals surface area contributed by atoms with Crippen LogP contribution in [-0.4, -0.2) is 67.6 Å². The first kappa shape index (κ1) is 25.5. The maximum atomic E-state index is 5.95. The number of guanidine groups is 1. The molecule has 0 unspecified atom stereocenters. The van der Waals surface area contributed by atoms with Crippen molar-refractivity contribution in [2.75, 3.05) is 46.9 Å². The lowest BCUT2D eigenvalue weighted by atomic mass is 10.2. The Hall–Kier alpha value is -2.74. The summed E-state index contributed by atoms with van der Waals surface area (Å²) in [7, 11) is 3.46. The number of hydrogen-bond acceptors (Lipinski definition) is 5. The van der Waals surface area contributed by atoms with Crippen LogP contribution in [0.1, 0.15) is 37.2 Å². The fraction of sp³-hybridized carbons (Fsp3) is 0.583. The van der Waals surface area contributed by atoms with Gasteiger partial charge in [0.25, 0.3) is 0 Å². The van der Waals surface area contributed by atoms with E-state index < -0.39 is 0 Å². The normalized spacial score (nSPS) is 11.7. The molecule has 0 radical (unpaired) electrons. The molecule has 32 heavy (non-hydrogen) atoms. The number of aliphatic imine (C=N–C) groups is 1. The molecule has 2 aromatic rings. The van der Waals surface area contributed by atoms with Gasteiger partial charge >= 0.3 is 0 Å². The van der Waals surface area contributed by atoms with E-state index in [2.05, 4.69) is 58.5 Å². The highest BCUT2D eigenvalue weighted by atomic mass is 16.5. The van der Waals surface area contributed by atoms with Crippen LogP contribution < -0.4 is 20.1 Å². The van der Waals surface area contributed by atoms with Crippen molar-refractivity contribution in [1.82, 2.24) is 25.3 Å². The zero-order chi connectivity index (χ0) is 23.3. The van der Waals surface area contributed by atoms with Crippen LogP contribution in [-0.2, 0) is 13.1 Å². The van der Waals surface area contributed by atoms with Crippen LogP contribution >= 0.6 is 0 Å². The summed E-state index contributed by atoms with van der Waals surface area (Å²) in [6.07, 6.45) is 0.968. The average Bonchev–Trinajstić information content (AvgIpc) is 3.13. The van der Waals surface area contributed by atoms with Gasteiger partial charge in [-0.1, -0.05) is 19.9 Å². The topological polar surface area (TPSA) is 75.9 Å². The maximum Gasteiger partial charge on any atom is 0.191 e. The quantitative estimate of drug-likeness (QED) is 0.281. The van der Waals surface area contributed by atoms with Crippen molar-refractivity contribution in [2.45, 2.75) is 47.2 Å². The van der Waals surface area contributed by atoms with Crippen LogP contribution in [0.25, 0.3) is 0 Å². The Bertz CT molecular complexity index is 845. The molecule has 1 heterocycles. The van der Waals surface area contributed by atoms with Gasteiger partial charge in [0.2, 0.25) is 0 Å². The summed E-state index contributed by atoms with van der Waals surface area (Å²) in [5.41, 5.74) is 3.35. The van der Waals surface area contributed by atoms with Crippen LogP contribution in [0, 0.1) is 13.8 Å². The van der Waals surface area contributed by atoms with E-state index >= 15 is 0 Å². The highest BCUT2D eigenvalue weighted by molar-refractivity contribution is 5.79. The van der Waals surface area contributed by atoms with Crippen molar-refractivity contribution in [3.8, 4) is 11.5 Å². The Morgan fingerprint density at radius 2 is 1.91 bits per heavy atom. The zero-order valence-electron chi connectivity index (χ0n) is 20.6. The molecule has 2 N–H and O–H groups in total. The molecule has 0 spiro atoms. The summed E-state index contributed by atoms with van der Waals surface area (Å²) in [5, 5.41) is 11.2. The molecule has 2 rings (SSSR count). The number of hydrogen-bond donors (Lipinski definition) is 2. The van der Waals surface area contributed by atoms with Crippen LogP contribution in [0.4, 0.5) is 0 Å². The molecule has 0 bridgehead atoms. The minimum absolute atomic E-state index is 0.643. The van der Waals surface area contributed by atoms with Gasteiger partial charge in [0, 0.05) is 38.9 Å². The smallest absolute Gasteiger partial charge is 0.191 e. The van der Waals surface area contributed by atoms with Crippen molar-refractivity contribution < 1.29 is 9.47 Å². The van der Waals surface area contributed by atoms with Crippen LogP contribution in [0.3, 0.4) is 0 Å². The predicted molar refractivity (Wildman–Crippen MR) is 131 cm³/mol. The van der Waals surface area contributed by atoms with Crippen molar-refractivity contribution >= 4 is 5.96 Å². The van der Waals surface area contributed by atoms with Crippen molar-refractivity contribution in [1.29, 1.82) is 0 Å². The highest BCUT2D eigenvalue weighted by Gasteiger charge is 2.08. The molecule has 0 amide bonds. The molecular formula is C24H40N6O2. The van der Waals surface area contributed by atoms with Crippen LogP contribution in [0.15, 0.2) is 29.3 Å². The Balaban J connectivity index is 1.78. The number of ether oxygens (including phenoxy) is 2. The highest BCUT2D eigenvalue weighted by Crippen LogP contribution is 2.28. The van der Waals surface area contributed by atoms with E-state index in [4.69, 9.17) is 9.47 Å². The Labute approximate surface area is 193 Å². The molecule has 0 saturated heterocycles. The SMILES string of the molecule is CCN(CC)CCOc1ccc(CNC(=NC)NCCCn2nc(C)cc2C)cc1OC. The molecule has 8 heteroatoms. The lowest BCUT2D eigenvalue weighted by molar-refractivity contribution is 0.217. The summed E-state index contributed by atoms with van der Waals surface area (Å²) in [6.45, 7) is 14.4. The van der Waals surface area contributed by atoms with Crippen molar-refractivity contribution in [3.05, 3.63) is 41.2 Å². The number of likely N-dealkylation sites (N-methyl/N-ethyl adjacent to an activating group) is 1. The van der Waals surface area contributed by atoms with Gasteiger partial charge in [-0.3, -0.25) is 9.67 Å². The number of aromatic nitrogens is 2. The molecule has 0 aliphatic rings. The molecule has 0 aliphatic heterocycles. The molecule has 1 aromatic heterocycles. The first-order chi connectivity index (χ1) is 15.5. The van der Waals surface area contributed by atoms with E-state index in [1.165, 1.54) is 5.69 Å². The molecule has 1 aromatic carbocycles. The molecule has 8 nitrogen and oxygen atoms in total. The minimum atomic E-state index is 0.643. The standard InChI is InChI=1S/C24H40N6O2/c1-7-29(8-2)14-15-32-22-11-10-21(17-23(22)31-6)18-27-24(25-5)26-12-9-13-30-20(4)16-19(3)28-30/h10-11,16-17H,7-9,12-15,18H2,1-6H3,(H2,25,26,27). The third-order valence-corrected chi connectivity index (χ3v) is 5.41. The van der Waals surface area contributed by atoms with E-state index in [1.54, 1.807) is 14.2 Å². The van der Waals surface area contributed by atoms with E-state index in [-0.39, 0.29) is 0 Å². The van der Waals surface area contributed by atoms with Gasteiger partial charge in [-0.2, -0.15) is 5.10 Å². The molecule has 0 atom stereocenters. The van der Waals surface area contributed by atoms with Gasteiger partial charge in [-0.25, -0.2) is 0 Å². The van der Waals surface area contributed by atoms with Gasteiger partial charge < -0.3 is 25.0 Å². The van der Waals surface area contributed by atoms with Gasteiger partial charge in [-0.15, -0.1) is 0 Å². The van der Waals surface area contributed by atoms with Gasteiger partial charge in [0.1, 0.15) is 6.61 Å². The fourth-order valence-corrected chi connectivity index (χ4v) is 3.51. The minimum Gasteiger partial charge on any atom is -0.493 e. The van der Waals surface area contributed by atoms with Gasteiger partial charge in [0.05, 0.1) is 12.8 Å². The number of nitrogens with one attached hydrogen (secondary N) is 2.